The summed E-state index contributed by atoms with van der Waals surface area (Å²) >= 11 is 0. The summed E-state index contributed by atoms with van der Waals surface area (Å²) in [6, 6.07) is 0. The Labute approximate surface area is 91.5 Å². The highest BCUT2D eigenvalue weighted by atomic mass is 14.1. The standard InChI is InChI=1S/C14H29/c1-5-7-8-9-10-11-12-14(4)13(3)6-2/h13-14H,2,5-12H2,1,3-4H3. The van der Waals surface area contributed by atoms with Gasteiger partial charge in [0, 0.05) is 0 Å². The predicted molar refractivity (Wildman–Crippen MR) is 66.3 cm³/mol. The van der Waals surface area contributed by atoms with Crippen molar-refractivity contribution in [1.82, 2.24) is 0 Å². The van der Waals surface area contributed by atoms with Gasteiger partial charge in [-0.25, -0.2) is 0 Å². The van der Waals surface area contributed by atoms with Gasteiger partial charge in [0.05, 0.1) is 0 Å². The first-order valence-electron chi connectivity index (χ1n) is 6.51. The number of rotatable bonds is 9. The third-order valence-corrected chi connectivity index (χ3v) is 3.44. The van der Waals surface area contributed by atoms with Crippen molar-refractivity contribution in [2.75, 3.05) is 0 Å². The lowest BCUT2D eigenvalue weighted by Crippen LogP contribution is -2.06. The largest absolute Gasteiger partial charge is 0.0654 e. The van der Waals surface area contributed by atoms with Crippen LogP contribution in [0.5, 0.6) is 0 Å². The lowest BCUT2D eigenvalue weighted by molar-refractivity contribution is 0.352. The molecule has 0 bridgehead atoms. The summed E-state index contributed by atoms with van der Waals surface area (Å²) in [6.45, 7) is 11.0. The first-order chi connectivity index (χ1) is 6.72. The second-order valence-corrected chi connectivity index (χ2v) is 4.80. The quantitative estimate of drug-likeness (QED) is 0.444. The molecule has 0 spiro atoms. The van der Waals surface area contributed by atoms with Crippen LogP contribution in [0.2, 0.25) is 0 Å². The molecule has 0 fully saturated rings. The van der Waals surface area contributed by atoms with Crippen LogP contribution in [0.15, 0.2) is 0 Å². The summed E-state index contributed by atoms with van der Waals surface area (Å²) in [7, 11) is 0. The van der Waals surface area contributed by atoms with Gasteiger partial charge in [-0.15, -0.1) is 0 Å². The maximum atomic E-state index is 3.98. The van der Waals surface area contributed by atoms with E-state index in [1.807, 2.05) is 0 Å². The molecular weight excluding hydrogens is 168 g/mol. The Bertz CT molecular complexity index is 107. The van der Waals surface area contributed by atoms with E-state index < -0.39 is 0 Å². The molecule has 0 heteroatoms. The van der Waals surface area contributed by atoms with Crippen LogP contribution < -0.4 is 0 Å². The molecule has 0 rings (SSSR count). The first kappa shape index (κ1) is 14.0. The number of unbranched alkanes of at least 4 members (excludes halogenated alkanes) is 5. The summed E-state index contributed by atoms with van der Waals surface area (Å²) in [5, 5.41) is 0. The normalized spacial score (nSPS) is 15.4. The molecule has 14 heavy (non-hydrogen) atoms. The predicted octanol–water partition coefficient (Wildman–Crippen LogP) is 5.23. The molecule has 0 aromatic carbocycles. The van der Waals surface area contributed by atoms with E-state index in [1.165, 1.54) is 44.9 Å². The van der Waals surface area contributed by atoms with Gasteiger partial charge in [-0.05, 0) is 11.8 Å². The zero-order valence-corrected chi connectivity index (χ0v) is 10.5. The molecule has 0 nitrogen and oxygen atoms in total. The number of hydrogen-bond acceptors (Lipinski definition) is 0. The fourth-order valence-corrected chi connectivity index (χ4v) is 1.82. The second-order valence-electron chi connectivity index (χ2n) is 4.80. The summed E-state index contributed by atoms with van der Waals surface area (Å²) in [5.41, 5.74) is 0. The van der Waals surface area contributed by atoms with Gasteiger partial charge < -0.3 is 0 Å². The monoisotopic (exact) mass is 197 g/mol. The van der Waals surface area contributed by atoms with Crippen LogP contribution in [-0.2, 0) is 0 Å². The molecule has 0 saturated heterocycles. The molecule has 2 atom stereocenters. The summed E-state index contributed by atoms with van der Waals surface area (Å²) < 4.78 is 0. The molecule has 0 aliphatic heterocycles. The van der Waals surface area contributed by atoms with Crippen molar-refractivity contribution in [3.8, 4) is 0 Å². The SMILES string of the molecule is [CH2]CC(C)C(C)CCCCCCCC. The summed E-state index contributed by atoms with van der Waals surface area (Å²) in [4.78, 5) is 0. The van der Waals surface area contributed by atoms with E-state index in [2.05, 4.69) is 27.7 Å². The van der Waals surface area contributed by atoms with Gasteiger partial charge in [-0.3, -0.25) is 0 Å². The zero-order valence-electron chi connectivity index (χ0n) is 10.5. The van der Waals surface area contributed by atoms with Gasteiger partial charge >= 0.3 is 0 Å². The molecule has 1 radical (unpaired) electrons. The maximum Gasteiger partial charge on any atom is -0.0417 e. The minimum Gasteiger partial charge on any atom is -0.0654 e. The van der Waals surface area contributed by atoms with Crippen molar-refractivity contribution in [1.29, 1.82) is 0 Å². The first-order valence-corrected chi connectivity index (χ1v) is 6.51. The van der Waals surface area contributed by atoms with Gasteiger partial charge in [-0.1, -0.05) is 79.1 Å². The Kier molecular flexibility index (Phi) is 9.55. The zero-order chi connectivity index (χ0) is 10.8. The van der Waals surface area contributed by atoms with Crippen LogP contribution in [0.4, 0.5) is 0 Å². The molecule has 0 aromatic heterocycles. The Morgan fingerprint density at radius 2 is 1.43 bits per heavy atom. The van der Waals surface area contributed by atoms with Gasteiger partial charge in [0.15, 0.2) is 0 Å². The van der Waals surface area contributed by atoms with Crippen LogP contribution in [0.25, 0.3) is 0 Å². The molecule has 0 aliphatic carbocycles. The maximum absolute atomic E-state index is 3.98. The highest BCUT2D eigenvalue weighted by Gasteiger charge is 2.08. The highest BCUT2D eigenvalue weighted by Crippen LogP contribution is 2.21. The van der Waals surface area contributed by atoms with Gasteiger partial charge in [0.1, 0.15) is 0 Å². The second kappa shape index (κ2) is 9.55. The van der Waals surface area contributed by atoms with Gasteiger partial charge in [0.2, 0.25) is 0 Å². The molecule has 85 valence electrons. The van der Waals surface area contributed by atoms with E-state index in [0.29, 0.717) is 0 Å². The van der Waals surface area contributed by atoms with E-state index >= 15 is 0 Å². The third-order valence-electron chi connectivity index (χ3n) is 3.44. The number of hydrogen-bond donors (Lipinski definition) is 0. The van der Waals surface area contributed by atoms with Crippen molar-refractivity contribution in [3.05, 3.63) is 6.92 Å². The molecule has 2 unspecified atom stereocenters. The van der Waals surface area contributed by atoms with Gasteiger partial charge in [0.25, 0.3) is 0 Å². The Hall–Kier alpha value is 0. The fraction of sp³-hybridized carbons (Fsp3) is 0.929. The fourth-order valence-electron chi connectivity index (χ4n) is 1.82. The van der Waals surface area contributed by atoms with Crippen LogP contribution >= 0.6 is 0 Å². The Morgan fingerprint density at radius 1 is 0.857 bits per heavy atom. The Balaban J connectivity index is 3.18. The van der Waals surface area contributed by atoms with E-state index in [9.17, 15) is 0 Å². The van der Waals surface area contributed by atoms with Crippen molar-refractivity contribution in [2.45, 2.75) is 72.1 Å². The van der Waals surface area contributed by atoms with Crippen LogP contribution in [0, 0.1) is 18.8 Å². The van der Waals surface area contributed by atoms with Gasteiger partial charge in [-0.2, -0.15) is 0 Å². The molecule has 0 aromatic rings. The van der Waals surface area contributed by atoms with Crippen molar-refractivity contribution < 1.29 is 0 Å². The van der Waals surface area contributed by atoms with E-state index in [0.717, 1.165) is 18.3 Å². The molecule has 0 aliphatic rings. The summed E-state index contributed by atoms with van der Waals surface area (Å²) in [6.07, 6.45) is 11.0. The molecule has 0 heterocycles. The molecule has 0 amide bonds. The van der Waals surface area contributed by atoms with E-state index in [-0.39, 0.29) is 0 Å². The smallest absolute Gasteiger partial charge is 0.0417 e. The lowest BCUT2D eigenvalue weighted by Gasteiger charge is -2.17. The lowest BCUT2D eigenvalue weighted by atomic mass is 9.89. The van der Waals surface area contributed by atoms with Crippen molar-refractivity contribution in [2.24, 2.45) is 11.8 Å². The third kappa shape index (κ3) is 7.41. The van der Waals surface area contributed by atoms with Crippen LogP contribution in [-0.4, -0.2) is 0 Å². The minimum absolute atomic E-state index is 0.811. The van der Waals surface area contributed by atoms with E-state index in [1.54, 1.807) is 0 Å². The molecule has 0 N–H and O–H groups in total. The van der Waals surface area contributed by atoms with Crippen LogP contribution in [0.1, 0.15) is 72.1 Å². The Morgan fingerprint density at radius 3 is 2.00 bits per heavy atom. The van der Waals surface area contributed by atoms with Crippen molar-refractivity contribution >= 4 is 0 Å². The highest BCUT2D eigenvalue weighted by molar-refractivity contribution is 4.63. The van der Waals surface area contributed by atoms with E-state index in [4.69, 9.17) is 0 Å². The topological polar surface area (TPSA) is 0 Å². The summed E-state index contributed by atoms with van der Waals surface area (Å²) in [5.74, 6) is 1.68. The average molecular weight is 197 g/mol. The minimum atomic E-state index is 0.811. The molecular formula is C14H29. The van der Waals surface area contributed by atoms with Crippen molar-refractivity contribution in [3.63, 3.8) is 0 Å². The molecule has 0 saturated carbocycles. The average Bonchev–Trinajstić information content (AvgIpc) is 2.21. The van der Waals surface area contributed by atoms with Crippen LogP contribution in [0.3, 0.4) is 0 Å².